The van der Waals surface area contributed by atoms with Crippen LogP contribution in [0.4, 0.5) is 0 Å². The molecule has 2 heterocycles. The standard InChI is InChI=1S/C21H28N4O/c1-14-6-3-4-8-18(14)25-19-9-5-7-17(19)20(23-25)21(26)24-12-10-16(11-13-24)15(2)22/h3-4,6,8,15-16H,5,7,9-13,22H2,1-2H3. The summed E-state index contributed by atoms with van der Waals surface area (Å²) in [5.41, 5.74) is 11.3. The largest absolute Gasteiger partial charge is 0.337 e. The molecule has 0 bridgehead atoms. The maximum absolute atomic E-state index is 13.2. The van der Waals surface area contributed by atoms with Gasteiger partial charge in [-0.25, -0.2) is 4.68 Å². The molecule has 2 aliphatic rings. The van der Waals surface area contributed by atoms with Crippen molar-refractivity contribution in [2.75, 3.05) is 13.1 Å². The number of nitrogens with zero attached hydrogens (tertiary/aromatic N) is 3. The molecule has 4 rings (SSSR count). The fourth-order valence-electron chi connectivity index (χ4n) is 4.39. The zero-order valence-electron chi connectivity index (χ0n) is 15.7. The SMILES string of the molecule is Cc1ccccc1-n1nc(C(=O)N2CCC(C(C)N)CC2)c2c1CCC2. The van der Waals surface area contributed by atoms with Crippen molar-refractivity contribution in [2.45, 2.75) is 52.0 Å². The van der Waals surface area contributed by atoms with Crippen molar-refractivity contribution in [2.24, 2.45) is 11.7 Å². The number of aromatic nitrogens is 2. The predicted octanol–water partition coefficient (Wildman–Crippen LogP) is 2.87. The number of fused-ring (bicyclic) bond motifs is 1. The van der Waals surface area contributed by atoms with Crippen LogP contribution < -0.4 is 5.73 Å². The molecule has 2 aromatic rings. The Hall–Kier alpha value is -2.14. The van der Waals surface area contributed by atoms with E-state index in [1.807, 2.05) is 21.7 Å². The van der Waals surface area contributed by atoms with Crippen molar-refractivity contribution in [3.8, 4) is 5.69 Å². The van der Waals surface area contributed by atoms with Crippen molar-refractivity contribution in [3.05, 3.63) is 46.8 Å². The van der Waals surface area contributed by atoms with E-state index in [4.69, 9.17) is 10.8 Å². The summed E-state index contributed by atoms with van der Waals surface area (Å²) in [6.07, 6.45) is 5.04. The first-order chi connectivity index (χ1) is 12.6. The molecule has 0 spiro atoms. The highest BCUT2D eigenvalue weighted by Crippen LogP contribution is 2.30. The Kier molecular flexibility index (Phi) is 4.57. The minimum Gasteiger partial charge on any atom is -0.337 e. The van der Waals surface area contributed by atoms with Crippen molar-refractivity contribution >= 4 is 5.91 Å². The number of para-hydroxylation sites is 1. The van der Waals surface area contributed by atoms with E-state index in [0.717, 1.165) is 56.4 Å². The number of hydrogen-bond acceptors (Lipinski definition) is 3. The van der Waals surface area contributed by atoms with Crippen LogP contribution in [0.25, 0.3) is 5.69 Å². The summed E-state index contributed by atoms with van der Waals surface area (Å²) in [5, 5.41) is 4.79. The van der Waals surface area contributed by atoms with Crippen LogP contribution in [0.5, 0.6) is 0 Å². The van der Waals surface area contributed by atoms with Gasteiger partial charge in [0.25, 0.3) is 5.91 Å². The summed E-state index contributed by atoms with van der Waals surface area (Å²) >= 11 is 0. The quantitative estimate of drug-likeness (QED) is 0.924. The number of hydrogen-bond donors (Lipinski definition) is 1. The third kappa shape index (κ3) is 2.94. The van der Waals surface area contributed by atoms with Gasteiger partial charge < -0.3 is 10.6 Å². The number of likely N-dealkylation sites (tertiary alicyclic amines) is 1. The van der Waals surface area contributed by atoms with E-state index in [2.05, 4.69) is 26.0 Å². The molecule has 1 fully saturated rings. The van der Waals surface area contributed by atoms with Crippen molar-refractivity contribution in [1.82, 2.24) is 14.7 Å². The second kappa shape index (κ2) is 6.88. The monoisotopic (exact) mass is 352 g/mol. The minimum atomic E-state index is 0.0959. The van der Waals surface area contributed by atoms with Crippen molar-refractivity contribution in [3.63, 3.8) is 0 Å². The molecular formula is C21H28N4O. The van der Waals surface area contributed by atoms with Crippen molar-refractivity contribution in [1.29, 1.82) is 0 Å². The summed E-state index contributed by atoms with van der Waals surface area (Å²) in [6, 6.07) is 8.46. The van der Waals surface area contributed by atoms with Gasteiger partial charge in [-0.05, 0) is 63.5 Å². The second-order valence-electron chi connectivity index (χ2n) is 7.81. The summed E-state index contributed by atoms with van der Waals surface area (Å²) in [6.45, 7) is 5.74. The molecule has 1 atom stereocenters. The molecule has 1 saturated heterocycles. The third-order valence-corrected chi connectivity index (χ3v) is 6.05. The Balaban J connectivity index is 1.63. The van der Waals surface area contributed by atoms with Gasteiger partial charge in [0.15, 0.2) is 5.69 Å². The Morgan fingerprint density at radius 2 is 1.96 bits per heavy atom. The lowest BCUT2D eigenvalue weighted by Crippen LogP contribution is -2.42. The number of benzene rings is 1. The lowest BCUT2D eigenvalue weighted by Gasteiger charge is -2.33. The number of amides is 1. The zero-order valence-corrected chi connectivity index (χ0v) is 15.7. The van der Waals surface area contributed by atoms with Gasteiger partial charge in [0, 0.05) is 30.4 Å². The Morgan fingerprint density at radius 1 is 1.23 bits per heavy atom. The topological polar surface area (TPSA) is 64.2 Å². The summed E-state index contributed by atoms with van der Waals surface area (Å²) in [5.74, 6) is 0.618. The molecule has 2 N–H and O–H groups in total. The van der Waals surface area contributed by atoms with E-state index in [1.54, 1.807) is 0 Å². The van der Waals surface area contributed by atoms with E-state index in [9.17, 15) is 4.79 Å². The molecule has 0 saturated carbocycles. The molecule has 1 aliphatic carbocycles. The van der Waals surface area contributed by atoms with Crippen LogP contribution in [0.1, 0.15) is 53.5 Å². The number of nitrogens with two attached hydrogens (primary N) is 1. The van der Waals surface area contributed by atoms with Crippen LogP contribution in [0.15, 0.2) is 24.3 Å². The van der Waals surface area contributed by atoms with E-state index in [1.165, 1.54) is 11.3 Å². The molecule has 138 valence electrons. The molecule has 26 heavy (non-hydrogen) atoms. The van der Waals surface area contributed by atoms with Gasteiger partial charge in [-0.15, -0.1) is 0 Å². The predicted molar refractivity (Wildman–Crippen MR) is 103 cm³/mol. The van der Waals surface area contributed by atoms with Gasteiger partial charge in [0.05, 0.1) is 5.69 Å². The lowest BCUT2D eigenvalue weighted by atomic mass is 9.91. The number of piperidine rings is 1. The molecule has 1 aromatic carbocycles. The number of aryl methyl sites for hydroxylation is 1. The van der Waals surface area contributed by atoms with Gasteiger partial charge in [0.2, 0.25) is 0 Å². The Bertz CT molecular complexity index is 815. The first-order valence-electron chi connectivity index (χ1n) is 9.78. The van der Waals surface area contributed by atoms with Crippen LogP contribution >= 0.6 is 0 Å². The number of carbonyl (C=O) groups excluding carboxylic acids is 1. The maximum atomic E-state index is 13.2. The summed E-state index contributed by atoms with van der Waals surface area (Å²) in [4.78, 5) is 15.2. The fourth-order valence-corrected chi connectivity index (χ4v) is 4.39. The van der Waals surface area contributed by atoms with Crippen LogP contribution in [0.2, 0.25) is 0 Å². The Morgan fingerprint density at radius 3 is 2.65 bits per heavy atom. The minimum absolute atomic E-state index is 0.0959. The van der Waals surface area contributed by atoms with E-state index in [-0.39, 0.29) is 11.9 Å². The van der Waals surface area contributed by atoms with Gasteiger partial charge in [-0.2, -0.15) is 5.10 Å². The molecule has 1 unspecified atom stereocenters. The highest BCUT2D eigenvalue weighted by Gasteiger charge is 2.32. The third-order valence-electron chi connectivity index (χ3n) is 6.05. The molecule has 0 radical (unpaired) electrons. The first-order valence-corrected chi connectivity index (χ1v) is 9.78. The lowest BCUT2D eigenvalue weighted by molar-refractivity contribution is 0.0673. The molecule has 1 amide bonds. The normalized spacial score (nSPS) is 18.8. The van der Waals surface area contributed by atoms with E-state index in [0.29, 0.717) is 11.6 Å². The summed E-state index contributed by atoms with van der Waals surface area (Å²) < 4.78 is 2.01. The molecule has 1 aliphatic heterocycles. The van der Waals surface area contributed by atoms with Crippen LogP contribution in [0, 0.1) is 12.8 Å². The zero-order chi connectivity index (χ0) is 18.3. The van der Waals surface area contributed by atoms with Crippen LogP contribution in [0.3, 0.4) is 0 Å². The van der Waals surface area contributed by atoms with Gasteiger partial charge in [-0.3, -0.25) is 4.79 Å². The van der Waals surface area contributed by atoms with E-state index < -0.39 is 0 Å². The molecule has 5 heteroatoms. The van der Waals surface area contributed by atoms with Gasteiger partial charge in [0.1, 0.15) is 0 Å². The van der Waals surface area contributed by atoms with Crippen LogP contribution in [-0.2, 0) is 12.8 Å². The Labute approximate surface area is 155 Å². The van der Waals surface area contributed by atoms with Gasteiger partial charge >= 0.3 is 0 Å². The molecule has 5 nitrogen and oxygen atoms in total. The van der Waals surface area contributed by atoms with Crippen LogP contribution in [-0.4, -0.2) is 39.7 Å². The molecule has 1 aromatic heterocycles. The average Bonchev–Trinajstić information content (AvgIpc) is 3.24. The van der Waals surface area contributed by atoms with E-state index >= 15 is 0 Å². The fraction of sp³-hybridized carbons (Fsp3) is 0.524. The highest BCUT2D eigenvalue weighted by molar-refractivity contribution is 5.94. The summed E-state index contributed by atoms with van der Waals surface area (Å²) in [7, 11) is 0. The highest BCUT2D eigenvalue weighted by atomic mass is 16.2. The second-order valence-corrected chi connectivity index (χ2v) is 7.81. The number of rotatable bonds is 3. The maximum Gasteiger partial charge on any atom is 0.274 e. The van der Waals surface area contributed by atoms with Crippen molar-refractivity contribution < 1.29 is 4.79 Å². The number of carbonyl (C=O) groups is 1. The smallest absolute Gasteiger partial charge is 0.274 e. The average molecular weight is 352 g/mol. The van der Waals surface area contributed by atoms with Gasteiger partial charge in [-0.1, -0.05) is 18.2 Å². The first kappa shape index (κ1) is 17.3. The molecular weight excluding hydrogens is 324 g/mol.